The molecule has 0 saturated carbocycles. The third-order valence-electron chi connectivity index (χ3n) is 2.77. The Morgan fingerprint density at radius 3 is 2.42 bits per heavy atom. The van der Waals surface area contributed by atoms with Gasteiger partial charge in [0.1, 0.15) is 5.75 Å². The van der Waals surface area contributed by atoms with E-state index in [1.165, 1.54) is 17.0 Å². The molecule has 2 rings (SSSR count). The van der Waals surface area contributed by atoms with Crippen LogP contribution in [0.2, 0.25) is 0 Å². The third kappa shape index (κ3) is 2.88. The van der Waals surface area contributed by atoms with Gasteiger partial charge in [0.2, 0.25) is 0 Å². The summed E-state index contributed by atoms with van der Waals surface area (Å²) in [7, 11) is 1.66. The molecule has 2 aromatic rings. The number of nitrogens with two attached hydrogens (primary N) is 1. The van der Waals surface area contributed by atoms with Crippen molar-refractivity contribution < 1.29 is 9.90 Å². The van der Waals surface area contributed by atoms with Crippen molar-refractivity contribution in [1.29, 1.82) is 0 Å². The average molecular weight is 321 g/mol. The molecule has 98 valence electrons. The Hall–Kier alpha value is -2.01. The fraction of sp³-hybridized carbons (Fsp3) is 0.0714. The van der Waals surface area contributed by atoms with Gasteiger partial charge in [-0.2, -0.15) is 0 Å². The fourth-order valence-electron chi connectivity index (χ4n) is 1.74. The van der Waals surface area contributed by atoms with Crippen molar-refractivity contribution in [3.8, 4) is 5.75 Å². The Morgan fingerprint density at radius 1 is 1.21 bits per heavy atom. The van der Waals surface area contributed by atoms with Gasteiger partial charge in [0, 0.05) is 17.1 Å². The van der Waals surface area contributed by atoms with E-state index < -0.39 is 0 Å². The molecule has 2 aromatic carbocycles. The first-order chi connectivity index (χ1) is 8.99. The van der Waals surface area contributed by atoms with Gasteiger partial charge in [0.05, 0.1) is 11.4 Å². The van der Waals surface area contributed by atoms with Gasteiger partial charge >= 0.3 is 0 Å². The minimum atomic E-state index is -0.186. The summed E-state index contributed by atoms with van der Waals surface area (Å²) in [6.45, 7) is 0. The summed E-state index contributed by atoms with van der Waals surface area (Å²) in [6, 6.07) is 11.4. The van der Waals surface area contributed by atoms with Gasteiger partial charge in [-0.25, -0.2) is 0 Å². The van der Waals surface area contributed by atoms with E-state index in [0.29, 0.717) is 16.9 Å². The van der Waals surface area contributed by atoms with Crippen molar-refractivity contribution in [3.63, 3.8) is 0 Å². The molecule has 5 heteroatoms. The molecule has 0 radical (unpaired) electrons. The minimum absolute atomic E-state index is 0.127. The van der Waals surface area contributed by atoms with Crippen LogP contribution in [0.5, 0.6) is 5.75 Å². The molecule has 0 fully saturated rings. The normalized spacial score (nSPS) is 10.2. The molecule has 0 heterocycles. The van der Waals surface area contributed by atoms with E-state index in [0.717, 1.165) is 4.47 Å². The summed E-state index contributed by atoms with van der Waals surface area (Å²) in [5.74, 6) is -0.0589. The van der Waals surface area contributed by atoms with Gasteiger partial charge in [-0.1, -0.05) is 15.9 Å². The number of carbonyl (C=O) groups is 1. The number of hydrogen-bond acceptors (Lipinski definition) is 3. The highest BCUT2D eigenvalue weighted by Gasteiger charge is 2.15. The summed E-state index contributed by atoms with van der Waals surface area (Å²) in [6.07, 6.45) is 0. The first-order valence-corrected chi connectivity index (χ1v) is 6.40. The van der Waals surface area contributed by atoms with Crippen molar-refractivity contribution in [1.82, 2.24) is 0 Å². The van der Waals surface area contributed by atoms with E-state index in [9.17, 15) is 9.90 Å². The van der Waals surface area contributed by atoms with Gasteiger partial charge in [0.25, 0.3) is 5.91 Å². The second kappa shape index (κ2) is 5.32. The molecule has 0 aliphatic heterocycles. The first kappa shape index (κ1) is 13.4. The molecule has 0 bridgehead atoms. The van der Waals surface area contributed by atoms with Crippen LogP contribution in [0.15, 0.2) is 46.9 Å². The quantitative estimate of drug-likeness (QED) is 0.836. The van der Waals surface area contributed by atoms with E-state index in [2.05, 4.69) is 15.9 Å². The average Bonchev–Trinajstić information content (AvgIpc) is 2.38. The molecule has 0 spiro atoms. The van der Waals surface area contributed by atoms with Crippen molar-refractivity contribution in [2.24, 2.45) is 0 Å². The SMILES string of the molecule is CN(C(=O)c1ccc(O)cc1)c1ccc(Br)cc1N. The van der Waals surface area contributed by atoms with Gasteiger partial charge in [-0.3, -0.25) is 4.79 Å². The minimum Gasteiger partial charge on any atom is -0.508 e. The Balaban J connectivity index is 2.30. The Labute approximate surface area is 119 Å². The second-order valence-electron chi connectivity index (χ2n) is 4.11. The van der Waals surface area contributed by atoms with Gasteiger partial charge in [-0.15, -0.1) is 0 Å². The van der Waals surface area contributed by atoms with Crippen molar-refractivity contribution in [2.45, 2.75) is 0 Å². The Morgan fingerprint density at radius 2 is 1.84 bits per heavy atom. The number of nitrogens with zero attached hydrogens (tertiary/aromatic N) is 1. The molecule has 0 atom stereocenters. The number of nitrogen functional groups attached to an aromatic ring is 1. The maximum absolute atomic E-state index is 12.3. The monoisotopic (exact) mass is 320 g/mol. The third-order valence-corrected chi connectivity index (χ3v) is 3.26. The van der Waals surface area contributed by atoms with Crippen molar-refractivity contribution in [3.05, 3.63) is 52.5 Å². The van der Waals surface area contributed by atoms with E-state index >= 15 is 0 Å². The molecular formula is C14H13BrN2O2. The number of halogens is 1. The lowest BCUT2D eigenvalue weighted by Gasteiger charge is -2.19. The van der Waals surface area contributed by atoms with Crippen LogP contribution >= 0.6 is 15.9 Å². The smallest absolute Gasteiger partial charge is 0.258 e. The Bertz CT molecular complexity index is 611. The zero-order valence-corrected chi connectivity index (χ0v) is 11.9. The highest BCUT2D eigenvalue weighted by Crippen LogP contribution is 2.27. The van der Waals surface area contributed by atoms with Crippen LogP contribution in [0.4, 0.5) is 11.4 Å². The summed E-state index contributed by atoms with van der Waals surface area (Å²) in [5, 5.41) is 9.22. The van der Waals surface area contributed by atoms with E-state index in [1.54, 1.807) is 31.3 Å². The zero-order valence-electron chi connectivity index (χ0n) is 10.3. The molecule has 0 aromatic heterocycles. The highest BCUT2D eigenvalue weighted by molar-refractivity contribution is 9.10. The molecule has 4 nitrogen and oxygen atoms in total. The van der Waals surface area contributed by atoms with Crippen LogP contribution < -0.4 is 10.6 Å². The van der Waals surface area contributed by atoms with Crippen LogP contribution in [0.1, 0.15) is 10.4 Å². The maximum Gasteiger partial charge on any atom is 0.258 e. The summed E-state index contributed by atoms with van der Waals surface area (Å²) in [4.78, 5) is 13.8. The van der Waals surface area contributed by atoms with E-state index in [4.69, 9.17) is 5.73 Å². The lowest BCUT2D eigenvalue weighted by atomic mass is 10.1. The van der Waals surface area contributed by atoms with Crippen LogP contribution in [0.25, 0.3) is 0 Å². The standard InChI is InChI=1S/C14H13BrN2O2/c1-17(13-7-4-10(15)8-12(13)16)14(19)9-2-5-11(18)6-3-9/h2-8,18H,16H2,1H3. The van der Waals surface area contributed by atoms with Crippen LogP contribution in [-0.4, -0.2) is 18.1 Å². The van der Waals surface area contributed by atoms with Crippen molar-refractivity contribution in [2.75, 3.05) is 17.7 Å². The number of hydrogen-bond donors (Lipinski definition) is 2. The zero-order chi connectivity index (χ0) is 14.0. The van der Waals surface area contributed by atoms with Gasteiger partial charge in [0.15, 0.2) is 0 Å². The first-order valence-electron chi connectivity index (χ1n) is 5.61. The van der Waals surface area contributed by atoms with E-state index in [-0.39, 0.29) is 11.7 Å². The summed E-state index contributed by atoms with van der Waals surface area (Å²) >= 11 is 3.32. The van der Waals surface area contributed by atoms with Gasteiger partial charge in [-0.05, 0) is 42.5 Å². The van der Waals surface area contributed by atoms with Crippen LogP contribution in [0.3, 0.4) is 0 Å². The number of benzene rings is 2. The molecule has 0 saturated heterocycles. The molecule has 19 heavy (non-hydrogen) atoms. The topological polar surface area (TPSA) is 66.6 Å². The molecular weight excluding hydrogens is 308 g/mol. The summed E-state index contributed by atoms with van der Waals surface area (Å²) < 4.78 is 0.860. The second-order valence-corrected chi connectivity index (χ2v) is 5.03. The molecule has 1 amide bonds. The van der Waals surface area contributed by atoms with Crippen molar-refractivity contribution >= 4 is 33.2 Å². The highest BCUT2D eigenvalue weighted by atomic mass is 79.9. The largest absolute Gasteiger partial charge is 0.508 e. The predicted molar refractivity (Wildman–Crippen MR) is 79.4 cm³/mol. The lowest BCUT2D eigenvalue weighted by molar-refractivity contribution is 0.0993. The number of phenols is 1. The Kier molecular flexibility index (Phi) is 3.76. The number of aromatic hydroxyl groups is 1. The molecule has 0 unspecified atom stereocenters. The maximum atomic E-state index is 12.3. The number of rotatable bonds is 2. The van der Waals surface area contributed by atoms with Crippen LogP contribution in [0, 0.1) is 0 Å². The number of phenolic OH excluding ortho intramolecular Hbond substituents is 1. The lowest BCUT2D eigenvalue weighted by Crippen LogP contribution is -2.26. The van der Waals surface area contributed by atoms with E-state index in [1.807, 2.05) is 6.07 Å². The number of carbonyl (C=O) groups excluding carboxylic acids is 1. The van der Waals surface area contributed by atoms with Crippen LogP contribution in [-0.2, 0) is 0 Å². The fourth-order valence-corrected chi connectivity index (χ4v) is 2.12. The molecule has 0 aliphatic rings. The summed E-state index contributed by atoms with van der Waals surface area (Å²) in [5.41, 5.74) is 7.54. The number of amides is 1. The molecule has 0 aliphatic carbocycles. The van der Waals surface area contributed by atoms with Gasteiger partial charge < -0.3 is 15.7 Å². The molecule has 3 N–H and O–H groups in total. The predicted octanol–water partition coefficient (Wildman–Crippen LogP) is 3.01. The number of anilines is 2.